The number of nitrogens with zero attached hydrogens (tertiary/aromatic N) is 1. The fourth-order valence-electron chi connectivity index (χ4n) is 1.57. The van der Waals surface area contributed by atoms with Gasteiger partial charge < -0.3 is 14.8 Å². The Morgan fingerprint density at radius 2 is 2.10 bits per heavy atom. The lowest BCUT2D eigenvalue weighted by Gasteiger charge is -2.22. The minimum absolute atomic E-state index is 0.0965. The second kappa shape index (κ2) is 6.92. The zero-order chi connectivity index (χ0) is 15.3. The van der Waals surface area contributed by atoms with Crippen molar-refractivity contribution < 1.29 is 14.3 Å². The Morgan fingerprint density at radius 1 is 1.45 bits per heavy atom. The van der Waals surface area contributed by atoms with E-state index >= 15 is 0 Å². The van der Waals surface area contributed by atoms with Gasteiger partial charge in [0.25, 0.3) is 0 Å². The van der Waals surface area contributed by atoms with Gasteiger partial charge in [0.1, 0.15) is 5.60 Å². The lowest BCUT2D eigenvalue weighted by molar-refractivity contribution is 0.0508. The number of aromatic nitrogens is 1. The molecule has 1 aromatic rings. The summed E-state index contributed by atoms with van der Waals surface area (Å²) in [5.41, 5.74) is 0.325. The predicted octanol–water partition coefficient (Wildman–Crippen LogP) is 3.31. The molecule has 112 valence electrons. The topological polar surface area (TPSA) is 60.5 Å². The van der Waals surface area contributed by atoms with Crippen molar-refractivity contribution in [1.82, 2.24) is 10.3 Å². The third kappa shape index (κ3) is 5.77. The highest BCUT2D eigenvalue weighted by Gasteiger charge is 2.18. The van der Waals surface area contributed by atoms with Crippen LogP contribution in [0.1, 0.15) is 33.4 Å². The van der Waals surface area contributed by atoms with Gasteiger partial charge in [-0.2, -0.15) is 0 Å². The van der Waals surface area contributed by atoms with Crippen molar-refractivity contribution in [3.63, 3.8) is 0 Å². The van der Waals surface area contributed by atoms with Crippen LogP contribution in [-0.2, 0) is 11.2 Å². The molecule has 0 fully saturated rings. The van der Waals surface area contributed by atoms with Gasteiger partial charge in [-0.1, -0.05) is 0 Å². The molecule has 0 bridgehead atoms. The molecule has 0 radical (unpaired) electrons. The Labute approximate surface area is 128 Å². The normalized spacial score (nSPS) is 12.7. The molecule has 0 spiro atoms. The van der Waals surface area contributed by atoms with Gasteiger partial charge in [-0.3, -0.25) is 0 Å². The summed E-state index contributed by atoms with van der Waals surface area (Å²) < 4.78 is 11.2. The van der Waals surface area contributed by atoms with Crippen LogP contribution >= 0.6 is 15.9 Å². The van der Waals surface area contributed by atoms with Crippen LogP contribution in [0.2, 0.25) is 0 Å². The molecule has 1 heterocycles. The highest BCUT2D eigenvalue weighted by molar-refractivity contribution is 9.10. The number of hydrogen-bond acceptors (Lipinski definition) is 4. The molecule has 1 aromatic heterocycles. The van der Waals surface area contributed by atoms with Crippen LogP contribution < -0.4 is 10.1 Å². The molecule has 0 saturated heterocycles. The molecule has 1 N–H and O–H groups in total. The average molecular weight is 345 g/mol. The van der Waals surface area contributed by atoms with Crippen LogP contribution in [0.25, 0.3) is 0 Å². The minimum atomic E-state index is -0.501. The number of methoxy groups -OCH3 is 1. The van der Waals surface area contributed by atoms with Crippen LogP contribution in [0.5, 0.6) is 5.88 Å². The summed E-state index contributed by atoms with van der Waals surface area (Å²) in [5, 5.41) is 2.79. The maximum absolute atomic E-state index is 11.7. The summed E-state index contributed by atoms with van der Waals surface area (Å²) in [7, 11) is 1.57. The first-order valence-corrected chi connectivity index (χ1v) is 7.19. The van der Waals surface area contributed by atoms with Crippen LogP contribution in [0.4, 0.5) is 4.79 Å². The fraction of sp³-hybridized carbons (Fsp3) is 0.571. The zero-order valence-corrected chi connectivity index (χ0v) is 14.1. The largest absolute Gasteiger partial charge is 0.481 e. The second-order valence-electron chi connectivity index (χ2n) is 5.53. The van der Waals surface area contributed by atoms with E-state index in [4.69, 9.17) is 9.47 Å². The lowest BCUT2D eigenvalue weighted by atomic mass is 10.1. The molecule has 1 atom stereocenters. The molecular weight excluding hydrogens is 324 g/mol. The molecule has 0 aromatic carbocycles. The van der Waals surface area contributed by atoms with Crippen LogP contribution in [0.3, 0.4) is 0 Å². The molecule has 6 heteroatoms. The average Bonchev–Trinajstić information content (AvgIpc) is 2.29. The maximum Gasteiger partial charge on any atom is 0.407 e. The number of nitrogens with one attached hydrogen (secondary N) is 1. The van der Waals surface area contributed by atoms with Crippen LogP contribution in [-0.4, -0.2) is 29.8 Å². The van der Waals surface area contributed by atoms with Gasteiger partial charge in [0, 0.05) is 23.0 Å². The number of pyridine rings is 1. The first-order chi connectivity index (χ1) is 9.21. The summed E-state index contributed by atoms with van der Waals surface area (Å²) in [6, 6.07) is 3.56. The SMILES string of the molecule is COc1ccc(Br)c(CC(C)NC(=O)OC(C)(C)C)n1. The number of alkyl carbamates (subject to hydrolysis) is 1. The summed E-state index contributed by atoms with van der Waals surface area (Å²) in [6.45, 7) is 7.39. The zero-order valence-electron chi connectivity index (χ0n) is 12.5. The van der Waals surface area contributed by atoms with Crippen molar-refractivity contribution in [2.45, 2.75) is 45.8 Å². The van der Waals surface area contributed by atoms with Crippen molar-refractivity contribution in [3.8, 4) is 5.88 Å². The van der Waals surface area contributed by atoms with Gasteiger partial charge in [-0.05, 0) is 49.7 Å². The number of ether oxygens (including phenoxy) is 2. The molecule has 0 aliphatic rings. The van der Waals surface area contributed by atoms with Gasteiger partial charge in [-0.15, -0.1) is 0 Å². The molecular formula is C14H21BrN2O3. The van der Waals surface area contributed by atoms with Gasteiger partial charge in [0.05, 0.1) is 12.8 Å². The Kier molecular flexibility index (Phi) is 5.80. The van der Waals surface area contributed by atoms with Gasteiger partial charge in [0.15, 0.2) is 0 Å². The van der Waals surface area contributed by atoms with Crippen LogP contribution in [0, 0.1) is 0 Å². The van der Waals surface area contributed by atoms with E-state index in [1.807, 2.05) is 33.8 Å². The number of hydrogen-bond donors (Lipinski definition) is 1. The Balaban J connectivity index is 2.62. The standard InChI is InChI=1S/C14H21BrN2O3/c1-9(16-13(18)20-14(2,3)4)8-11-10(15)6-7-12(17-11)19-5/h6-7,9H,8H2,1-5H3,(H,16,18). The molecule has 0 aliphatic heterocycles. The molecule has 1 rings (SSSR count). The molecule has 1 unspecified atom stereocenters. The smallest absolute Gasteiger partial charge is 0.407 e. The van der Waals surface area contributed by atoms with E-state index in [2.05, 4.69) is 26.2 Å². The maximum atomic E-state index is 11.7. The lowest BCUT2D eigenvalue weighted by Crippen LogP contribution is -2.38. The molecule has 1 amide bonds. The van der Waals surface area contributed by atoms with Gasteiger partial charge >= 0.3 is 6.09 Å². The fourth-order valence-corrected chi connectivity index (χ4v) is 1.95. The van der Waals surface area contributed by atoms with E-state index in [0.29, 0.717) is 12.3 Å². The molecule has 0 saturated carbocycles. The number of carbonyl (C=O) groups is 1. The molecule has 20 heavy (non-hydrogen) atoms. The summed E-state index contributed by atoms with van der Waals surface area (Å²) in [4.78, 5) is 16.0. The summed E-state index contributed by atoms with van der Waals surface area (Å²) >= 11 is 3.44. The first-order valence-electron chi connectivity index (χ1n) is 6.40. The first kappa shape index (κ1) is 16.8. The number of amides is 1. The number of carbonyl (C=O) groups excluding carboxylic acids is 1. The third-order valence-corrected chi connectivity index (χ3v) is 3.09. The van der Waals surface area contributed by atoms with E-state index in [1.165, 1.54) is 0 Å². The number of halogens is 1. The van der Waals surface area contributed by atoms with Crippen LogP contribution in [0.15, 0.2) is 16.6 Å². The highest BCUT2D eigenvalue weighted by Crippen LogP contribution is 2.20. The molecule has 0 aliphatic carbocycles. The van der Waals surface area contributed by atoms with Crippen molar-refractivity contribution in [2.75, 3.05) is 7.11 Å². The van der Waals surface area contributed by atoms with Crippen molar-refractivity contribution in [3.05, 3.63) is 22.3 Å². The van der Waals surface area contributed by atoms with E-state index in [0.717, 1.165) is 10.2 Å². The van der Waals surface area contributed by atoms with E-state index in [9.17, 15) is 4.79 Å². The minimum Gasteiger partial charge on any atom is -0.481 e. The summed E-state index contributed by atoms with van der Waals surface area (Å²) in [6.07, 6.45) is 0.154. The quantitative estimate of drug-likeness (QED) is 0.910. The molecule has 5 nitrogen and oxygen atoms in total. The Bertz CT molecular complexity index is 472. The van der Waals surface area contributed by atoms with E-state index in [-0.39, 0.29) is 6.04 Å². The van der Waals surface area contributed by atoms with E-state index < -0.39 is 11.7 Å². The number of rotatable bonds is 4. The third-order valence-electron chi connectivity index (χ3n) is 2.36. The highest BCUT2D eigenvalue weighted by atomic mass is 79.9. The van der Waals surface area contributed by atoms with Gasteiger partial charge in [0.2, 0.25) is 5.88 Å². The Hall–Kier alpha value is -1.30. The van der Waals surface area contributed by atoms with Gasteiger partial charge in [-0.25, -0.2) is 9.78 Å². The predicted molar refractivity (Wildman–Crippen MR) is 81.0 cm³/mol. The summed E-state index contributed by atoms with van der Waals surface area (Å²) in [5.74, 6) is 0.549. The Morgan fingerprint density at radius 3 is 2.65 bits per heavy atom. The monoisotopic (exact) mass is 344 g/mol. The van der Waals surface area contributed by atoms with Crippen molar-refractivity contribution in [2.24, 2.45) is 0 Å². The second-order valence-corrected chi connectivity index (χ2v) is 6.39. The van der Waals surface area contributed by atoms with E-state index in [1.54, 1.807) is 13.2 Å². The van der Waals surface area contributed by atoms with Crippen molar-refractivity contribution >= 4 is 22.0 Å². The van der Waals surface area contributed by atoms with Crippen molar-refractivity contribution in [1.29, 1.82) is 0 Å².